The molecule has 1 heterocycles. The molecule has 0 radical (unpaired) electrons. The lowest BCUT2D eigenvalue weighted by Crippen LogP contribution is -2.47. The summed E-state index contributed by atoms with van der Waals surface area (Å²) in [6.45, 7) is 20.6. The molecule has 1 saturated heterocycles. The molecule has 3 heteroatoms. The van der Waals surface area contributed by atoms with Crippen molar-refractivity contribution in [1.82, 2.24) is 9.80 Å². The zero-order valence-electron chi connectivity index (χ0n) is 15.2. The number of ether oxygens (including phenoxy) is 1. The molecule has 1 aliphatic rings. The van der Waals surface area contributed by atoms with Crippen molar-refractivity contribution in [1.29, 1.82) is 0 Å². The maximum atomic E-state index is 5.77. The minimum atomic E-state index is 0.459. The minimum Gasteiger partial charge on any atom is -0.380 e. The maximum absolute atomic E-state index is 5.77. The highest BCUT2D eigenvalue weighted by atomic mass is 16.5. The summed E-state index contributed by atoms with van der Waals surface area (Å²) in [6, 6.07) is 0. The van der Waals surface area contributed by atoms with E-state index < -0.39 is 0 Å². The summed E-state index contributed by atoms with van der Waals surface area (Å²) in [6.07, 6.45) is 3.77. The Morgan fingerprint density at radius 1 is 0.952 bits per heavy atom. The number of rotatable bonds is 9. The summed E-state index contributed by atoms with van der Waals surface area (Å²) in [7, 11) is 0. The van der Waals surface area contributed by atoms with Gasteiger partial charge < -0.3 is 9.64 Å². The van der Waals surface area contributed by atoms with Crippen molar-refractivity contribution in [2.75, 3.05) is 52.5 Å². The zero-order chi connectivity index (χ0) is 15.7. The van der Waals surface area contributed by atoms with E-state index in [0.717, 1.165) is 25.7 Å². The zero-order valence-corrected chi connectivity index (χ0v) is 15.2. The highest BCUT2D eigenvalue weighted by Crippen LogP contribution is 2.19. The second-order valence-corrected chi connectivity index (χ2v) is 7.91. The normalized spacial score (nSPS) is 19.9. The van der Waals surface area contributed by atoms with Gasteiger partial charge in [0, 0.05) is 39.3 Å². The van der Waals surface area contributed by atoms with Gasteiger partial charge in [0.05, 0.1) is 6.61 Å². The first-order valence-corrected chi connectivity index (χ1v) is 8.93. The molecule has 1 fully saturated rings. The van der Waals surface area contributed by atoms with E-state index in [-0.39, 0.29) is 0 Å². The highest BCUT2D eigenvalue weighted by Gasteiger charge is 2.18. The molecule has 126 valence electrons. The van der Waals surface area contributed by atoms with Gasteiger partial charge in [-0.25, -0.2) is 0 Å². The lowest BCUT2D eigenvalue weighted by atomic mass is 9.92. The summed E-state index contributed by atoms with van der Waals surface area (Å²) < 4.78 is 5.77. The topological polar surface area (TPSA) is 15.7 Å². The van der Waals surface area contributed by atoms with Gasteiger partial charge in [0.2, 0.25) is 0 Å². The molecule has 0 spiro atoms. The van der Waals surface area contributed by atoms with Gasteiger partial charge in [-0.15, -0.1) is 0 Å². The largest absolute Gasteiger partial charge is 0.380 e. The molecule has 0 aromatic rings. The van der Waals surface area contributed by atoms with E-state index in [9.17, 15) is 0 Å². The smallest absolute Gasteiger partial charge is 0.0593 e. The van der Waals surface area contributed by atoms with Crippen LogP contribution < -0.4 is 0 Å². The SMILES string of the molecule is CCC(C)CCOCCN1CCN(CCC(C)(C)C)CC1. The molecule has 1 rings (SSSR count). The third kappa shape index (κ3) is 9.49. The Kier molecular flexibility index (Phi) is 8.84. The van der Waals surface area contributed by atoms with E-state index in [1.54, 1.807) is 0 Å². The lowest BCUT2D eigenvalue weighted by molar-refractivity contribution is 0.0678. The van der Waals surface area contributed by atoms with Crippen LogP contribution in [0.2, 0.25) is 0 Å². The molecule has 21 heavy (non-hydrogen) atoms. The third-order valence-electron chi connectivity index (χ3n) is 4.65. The third-order valence-corrected chi connectivity index (χ3v) is 4.65. The van der Waals surface area contributed by atoms with Crippen LogP contribution >= 0.6 is 0 Å². The van der Waals surface area contributed by atoms with Gasteiger partial charge >= 0.3 is 0 Å². The van der Waals surface area contributed by atoms with Gasteiger partial charge in [0.1, 0.15) is 0 Å². The van der Waals surface area contributed by atoms with E-state index in [1.807, 2.05) is 0 Å². The number of nitrogens with zero attached hydrogens (tertiary/aromatic N) is 2. The van der Waals surface area contributed by atoms with E-state index in [1.165, 1.54) is 52.0 Å². The van der Waals surface area contributed by atoms with Crippen LogP contribution in [0, 0.1) is 11.3 Å². The highest BCUT2D eigenvalue weighted by molar-refractivity contribution is 4.73. The molecule has 3 nitrogen and oxygen atoms in total. The Morgan fingerprint density at radius 3 is 2.05 bits per heavy atom. The average molecular weight is 299 g/mol. The van der Waals surface area contributed by atoms with Crippen molar-refractivity contribution in [3.05, 3.63) is 0 Å². The molecular weight excluding hydrogens is 260 g/mol. The van der Waals surface area contributed by atoms with Crippen molar-refractivity contribution >= 4 is 0 Å². The van der Waals surface area contributed by atoms with Crippen LogP contribution in [0.3, 0.4) is 0 Å². The molecule has 0 aromatic heterocycles. The van der Waals surface area contributed by atoms with Crippen molar-refractivity contribution < 1.29 is 4.74 Å². The van der Waals surface area contributed by atoms with Crippen molar-refractivity contribution in [2.45, 2.75) is 53.9 Å². The molecule has 1 unspecified atom stereocenters. The Labute approximate surface area is 133 Å². The minimum absolute atomic E-state index is 0.459. The van der Waals surface area contributed by atoms with Crippen LogP contribution in [0.25, 0.3) is 0 Å². The quantitative estimate of drug-likeness (QED) is 0.606. The molecular formula is C18H38N2O. The van der Waals surface area contributed by atoms with Gasteiger partial charge in [-0.1, -0.05) is 41.0 Å². The molecule has 0 N–H and O–H groups in total. The summed E-state index contributed by atoms with van der Waals surface area (Å²) in [4.78, 5) is 5.17. The van der Waals surface area contributed by atoms with Gasteiger partial charge in [0.15, 0.2) is 0 Å². The first kappa shape index (κ1) is 18.9. The van der Waals surface area contributed by atoms with E-state index in [4.69, 9.17) is 4.74 Å². The van der Waals surface area contributed by atoms with Crippen molar-refractivity contribution in [3.63, 3.8) is 0 Å². The molecule has 1 atom stereocenters. The molecule has 0 bridgehead atoms. The fraction of sp³-hybridized carbons (Fsp3) is 1.00. The van der Waals surface area contributed by atoms with Crippen molar-refractivity contribution in [3.8, 4) is 0 Å². The Balaban J connectivity index is 2.00. The standard InChI is InChI=1S/C18H38N2O/c1-6-17(2)7-15-21-16-14-20-12-10-19(11-13-20)9-8-18(3,4)5/h17H,6-16H2,1-5H3. The first-order valence-electron chi connectivity index (χ1n) is 8.93. The Bertz CT molecular complexity index is 254. The predicted octanol–water partition coefficient (Wildman–Crippen LogP) is 3.49. The van der Waals surface area contributed by atoms with Crippen LogP contribution in [0.15, 0.2) is 0 Å². The van der Waals surface area contributed by atoms with E-state index >= 15 is 0 Å². The number of hydrogen-bond acceptors (Lipinski definition) is 3. The van der Waals surface area contributed by atoms with Crippen LogP contribution in [0.5, 0.6) is 0 Å². The molecule has 0 amide bonds. The molecule has 0 aromatic carbocycles. The van der Waals surface area contributed by atoms with Gasteiger partial charge in [0.25, 0.3) is 0 Å². The molecule has 1 aliphatic heterocycles. The van der Waals surface area contributed by atoms with E-state index in [2.05, 4.69) is 44.4 Å². The second kappa shape index (κ2) is 9.81. The lowest BCUT2D eigenvalue weighted by Gasteiger charge is -2.35. The molecule has 0 saturated carbocycles. The summed E-state index contributed by atoms with van der Waals surface area (Å²) in [5.74, 6) is 0.802. The fourth-order valence-corrected chi connectivity index (χ4v) is 2.51. The molecule has 0 aliphatic carbocycles. The first-order chi connectivity index (χ1) is 9.90. The van der Waals surface area contributed by atoms with Crippen LogP contribution in [-0.2, 0) is 4.74 Å². The van der Waals surface area contributed by atoms with Crippen LogP contribution in [0.1, 0.15) is 53.9 Å². The van der Waals surface area contributed by atoms with Gasteiger partial charge in [-0.3, -0.25) is 4.90 Å². The van der Waals surface area contributed by atoms with E-state index in [0.29, 0.717) is 5.41 Å². The van der Waals surface area contributed by atoms with Crippen LogP contribution in [-0.4, -0.2) is 62.3 Å². The number of hydrogen-bond donors (Lipinski definition) is 0. The van der Waals surface area contributed by atoms with Crippen LogP contribution in [0.4, 0.5) is 0 Å². The summed E-state index contributed by atoms with van der Waals surface area (Å²) in [5, 5.41) is 0. The average Bonchev–Trinajstić information content (AvgIpc) is 2.45. The summed E-state index contributed by atoms with van der Waals surface area (Å²) in [5.41, 5.74) is 0.459. The monoisotopic (exact) mass is 298 g/mol. The fourth-order valence-electron chi connectivity index (χ4n) is 2.51. The maximum Gasteiger partial charge on any atom is 0.0593 e. The van der Waals surface area contributed by atoms with Gasteiger partial charge in [-0.2, -0.15) is 0 Å². The van der Waals surface area contributed by atoms with Crippen molar-refractivity contribution in [2.24, 2.45) is 11.3 Å². The Morgan fingerprint density at radius 2 is 1.52 bits per heavy atom. The van der Waals surface area contributed by atoms with Gasteiger partial charge in [-0.05, 0) is 30.7 Å². The Hall–Kier alpha value is -0.120. The second-order valence-electron chi connectivity index (χ2n) is 7.91. The number of piperazine rings is 1. The summed E-state index contributed by atoms with van der Waals surface area (Å²) >= 11 is 0. The predicted molar refractivity (Wildman–Crippen MR) is 91.8 cm³/mol.